The molecule has 0 aromatic heterocycles. The van der Waals surface area contributed by atoms with Crippen LogP contribution in [0, 0.1) is 11.8 Å². The van der Waals surface area contributed by atoms with Gasteiger partial charge in [0.25, 0.3) is 0 Å². The number of carboxylic acids is 1. The van der Waals surface area contributed by atoms with Crippen molar-refractivity contribution in [3.05, 3.63) is 0 Å². The zero-order valence-corrected chi connectivity index (χ0v) is 11.4. The number of likely N-dealkylation sites (N-methyl/N-ethyl adjacent to an activating group) is 1. The van der Waals surface area contributed by atoms with Gasteiger partial charge < -0.3 is 15.2 Å². The third-order valence-corrected chi connectivity index (χ3v) is 4.61. The highest BCUT2D eigenvalue weighted by Crippen LogP contribution is 2.40. The van der Waals surface area contributed by atoms with Gasteiger partial charge in [-0.15, -0.1) is 0 Å². The normalized spacial score (nSPS) is 31.9. The van der Waals surface area contributed by atoms with Gasteiger partial charge in [0, 0.05) is 0 Å². The van der Waals surface area contributed by atoms with Gasteiger partial charge in [0.1, 0.15) is 5.54 Å². The second-order valence-corrected chi connectivity index (χ2v) is 5.99. The van der Waals surface area contributed by atoms with Crippen LogP contribution in [-0.2, 0) is 9.53 Å². The lowest BCUT2D eigenvalue weighted by Crippen LogP contribution is -2.56. The van der Waals surface area contributed by atoms with Crippen LogP contribution in [0.3, 0.4) is 0 Å². The molecule has 2 aliphatic carbocycles. The summed E-state index contributed by atoms with van der Waals surface area (Å²) in [4.78, 5) is 11.5. The van der Waals surface area contributed by atoms with E-state index in [-0.39, 0.29) is 12.0 Å². The Bertz CT molecular complexity index is 295. The molecule has 0 saturated heterocycles. The molecule has 4 heteroatoms. The molecular formula is C14H25NO3. The predicted molar refractivity (Wildman–Crippen MR) is 69.5 cm³/mol. The summed E-state index contributed by atoms with van der Waals surface area (Å²) in [7, 11) is 1.73. The van der Waals surface area contributed by atoms with Crippen molar-refractivity contribution in [1.29, 1.82) is 0 Å². The van der Waals surface area contributed by atoms with Crippen LogP contribution in [0.4, 0.5) is 0 Å². The van der Waals surface area contributed by atoms with Gasteiger partial charge in [-0.1, -0.05) is 6.92 Å². The first kappa shape index (κ1) is 13.8. The molecule has 2 fully saturated rings. The van der Waals surface area contributed by atoms with E-state index >= 15 is 0 Å². The molecule has 0 aliphatic heterocycles. The van der Waals surface area contributed by atoms with Crippen LogP contribution in [0.2, 0.25) is 0 Å². The predicted octanol–water partition coefficient (Wildman–Crippen LogP) is 2.03. The molecule has 0 bridgehead atoms. The molecule has 0 aromatic rings. The van der Waals surface area contributed by atoms with Crippen molar-refractivity contribution in [3.8, 4) is 0 Å². The number of carbonyl (C=O) groups is 1. The zero-order valence-electron chi connectivity index (χ0n) is 11.4. The van der Waals surface area contributed by atoms with Gasteiger partial charge in [-0.2, -0.15) is 0 Å². The summed E-state index contributed by atoms with van der Waals surface area (Å²) < 4.78 is 5.91. The fraction of sp³-hybridized carbons (Fsp3) is 0.929. The Labute approximate surface area is 109 Å². The van der Waals surface area contributed by atoms with Gasteiger partial charge in [0.05, 0.1) is 12.7 Å². The Balaban J connectivity index is 1.88. The Hall–Kier alpha value is -0.610. The van der Waals surface area contributed by atoms with E-state index in [1.165, 1.54) is 12.8 Å². The highest BCUT2D eigenvalue weighted by molar-refractivity contribution is 5.80. The van der Waals surface area contributed by atoms with Gasteiger partial charge in [-0.3, -0.25) is 4.79 Å². The number of rotatable bonds is 6. The molecule has 104 valence electrons. The van der Waals surface area contributed by atoms with Crippen LogP contribution in [0.1, 0.15) is 45.4 Å². The van der Waals surface area contributed by atoms with Crippen molar-refractivity contribution in [2.75, 3.05) is 13.7 Å². The molecule has 1 unspecified atom stereocenters. The van der Waals surface area contributed by atoms with Crippen LogP contribution < -0.4 is 5.32 Å². The summed E-state index contributed by atoms with van der Waals surface area (Å²) in [5.74, 6) is 0.265. The molecule has 1 atom stereocenters. The van der Waals surface area contributed by atoms with E-state index in [0.29, 0.717) is 6.61 Å². The van der Waals surface area contributed by atoms with Crippen molar-refractivity contribution < 1.29 is 14.6 Å². The van der Waals surface area contributed by atoms with Crippen LogP contribution >= 0.6 is 0 Å². The average molecular weight is 255 g/mol. The number of carboxylic acid groups (broad SMARTS) is 1. The lowest BCUT2D eigenvalue weighted by atomic mass is 9.88. The highest BCUT2D eigenvalue weighted by atomic mass is 16.5. The number of ether oxygens (including phenoxy) is 1. The van der Waals surface area contributed by atoms with Crippen LogP contribution in [0.5, 0.6) is 0 Å². The van der Waals surface area contributed by atoms with Gasteiger partial charge in [0.2, 0.25) is 0 Å². The van der Waals surface area contributed by atoms with Gasteiger partial charge in [-0.05, 0) is 57.4 Å². The third kappa shape index (κ3) is 2.86. The minimum Gasteiger partial charge on any atom is -0.480 e. The van der Waals surface area contributed by atoms with E-state index < -0.39 is 11.5 Å². The van der Waals surface area contributed by atoms with E-state index in [1.807, 2.05) is 0 Å². The third-order valence-electron chi connectivity index (χ3n) is 4.61. The van der Waals surface area contributed by atoms with Crippen LogP contribution in [0.15, 0.2) is 0 Å². The Morgan fingerprint density at radius 1 is 1.28 bits per heavy atom. The fourth-order valence-electron chi connectivity index (χ4n) is 2.96. The Morgan fingerprint density at radius 2 is 1.89 bits per heavy atom. The number of hydrogen-bond acceptors (Lipinski definition) is 3. The van der Waals surface area contributed by atoms with Crippen molar-refractivity contribution >= 4 is 5.97 Å². The molecule has 4 nitrogen and oxygen atoms in total. The van der Waals surface area contributed by atoms with Crippen molar-refractivity contribution in [2.45, 2.75) is 57.1 Å². The molecule has 0 radical (unpaired) electrons. The highest BCUT2D eigenvalue weighted by Gasteiger charge is 2.50. The van der Waals surface area contributed by atoms with Crippen molar-refractivity contribution in [1.82, 2.24) is 5.32 Å². The van der Waals surface area contributed by atoms with Gasteiger partial charge in [-0.25, -0.2) is 0 Å². The molecule has 0 spiro atoms. The van der Waals surface area contributed by atoms with E-state index in [4.69, 9.17) is 4.74 Å². The molecule has 2 aliphatic rings. The Kier molecular flexibility index (Phi) is 4.28. The average Bonchev–Trinajstić information content (AvgIpc) is 3.17. The molecule has 0 aromatic carbocycles. The lowest BCUT2D eigenvalue weighted by Gasteiger charge is -2.33. The lowest BCUT2D eigenvalue weighted by molar-refractivity contribution is -0.150. The summed E-state index contributed by atoms with van der Waals surface area (Å²) in [5.41, 5.74) is -0.858. The first-order chi connectivity index (χ1) is 8.58. The fourth-order valence-corrected chi connectivity index (χ4v) is 2.96. The maximum absolute atomic E-state index is 11.5. The van der Waals surface area contributed by atoms with E-state index in [2.05, 4.69) is 12.2 Å². The van der Waals surface area contributed by atoms with E-state index in [1.54, 1.807) is 7.05 Å². The van der Waals surface area contributed by atoms with Gasteiger partial charge >= 0.3 is 5.97 Å². The second kappa shape index (κ2) is 5.57. The molecule has 2 rings (SSSR count). The Morgan fingerprint density at radius 3 is 2.33 bits per heavy atom. The summed E-state index contributed by atoms with van der Waals surface area (Å²) in [6.07, 6.45) is 6.81. The molecule has 0 heterocycles. The number of nitrogens with one attached hydrogen (secondary N) is 1. The summed E-state index contributed by atoms with van der Waals surface area (Å²) >= 11 is 0. The standard InChI is InChI=1S/C14H25NO3/c1-10-3-7-12(8-4-10)18-9-14(15-2,13(16)17)11-5-6-11/h10-12,15H,3-9H2,1-2H3,(H,16,17). The van der Waals surface area contributed by atoms with E-state index in [9.17, 15) is 9.90 Å². The first-order valence-corrected chi connectivity index (χ1v) is 7.12. The topological polar surface area (TPSA) is 58.6 Å². The summed E-state index contributed by atoms with van der Waals surface area (Å²) in [5, 5.41) is 12.5. The number of aliphatic carboxylic acids is 1. The maximum atomic E-state index is 11.5. The van der Waals surface area contributed by atoms with E-state index in [0.717, 1.165) is 31.6 Å². The molecule has 18 heavy (non-hydrogen) atoms. The molecular weight excluding hydrogens is 230 g/mol. The molecule has 2 saturated carbocycles. The second-order valence-electron chi connectivity index (χ2n) is 5.99. The number of hydrogen-bond donors (Lipinski definition) is 2. The minimum absolute atomic E-state index is 0.238. The van der Waals surface area contributed by atoms with Crippen molar-refractivity contribution in [3.63, 3.8) is 0 Å². The molecule has 2 N–H and O–H groups in total. The quantitative estimate of drug-likeness (QED) is 0.762. The van der Waals surface area contributed by atoms with Gasteiger partial charge in [0.15, 0.2) is 0 Å². The largest absolute Gasteiger partial charge is 0.480 e. The first-order valence-electron chi connectivity index (χ1n) is 7.12. The smallest absolute Gasteiger partial charge is 0.326 e. The van der Waals surface area contributed by atoms with Crippen molar-refractivity contribution in [2.24, 2.45) is 11.8 Å². The van der Waals surface area contributed by atoms with Crippen LogP contribution in [0.25, 0.3) is 0 Å². The monoisotopic (exact) mass is 255 g/mol. The summed E-state index contributed by atoms with van der Waals surface area (Å²) in [6.45, 7) is 2.58. The minimum atomic E-state index is -0.858. The van der Waals surface area contributed by atoms with Crippen LogP contribution in [-0.4, -0.2) is 36.4 Å². The SMILES string of the molecule is CNC(COC1CCC(C)CC1)(C(=O)O)C1CC1. The zero-order chi connectivity index (χ0) is 13.2. The molecule has 0 amide bonds. The summed E-state index contributed by atoms with van der Waals surface area (Å²) in [6, 6.07) is 0. The maximum Gasteiger partial charge on any atom is 0.326 e.